The maximum Gasteiger partial charge on any atom is 0.226 e. The van der Waals surface area contributed by atoms with Crippen LogP contribution in [-0.2, 0) is 11.2 Å². The molecule has 0 bridgehead atoms. The highest BCUT2D eigenvalue weighted by Crippen LogP contribution is 2.25. The lowest BCUT2D eigenvalue weighted by atomic mass is 10.00. The summed E-state index contributed by atoms with van der Waals surface area (Å²) < 4.78 is 0. The van der Waals surface area contributed by atoms with Crippen molar-refractivity contribution in [2.45, 2.75) is 38.6 Å². The summed E-state index contributed by atoms with van der Waals surface area (Å²) in [6.45, 7) is 2.09. The highest BCUT2D eigenvalue weighted by molar-refractivity contribution is 5.79. The van der Waals surface area contributed by atoms with Crippen LogP contribution in [-0.4, -0.2) is 16.8 Å². The fraction of sp³-hybridized carbons (Fsp3) is 0.286. The number of hydrogen-bond donors (Lipinski definition) is 0. The van der Waals surface area contributed by atoms with E-state index in [2.05, 4.69) is 61.5 Å². The summed E-state index contributed by atoms with van der Waals surface area (Å²) in [4.78, 5) is 13.9. The van der Waals surface area contributed by atoms with Gasteiger partial charge >= 0.3 is 0 Å². The van der Waals surface area contributed by atoms with Gasteiger partial charge in [-0.1, -0.05) is 67.6 Å². The first-order valence-electron chi connectivity index (χ1n) is 8.40. The topological polar surface area (TPSA) is 20.3 Å². The van der Waals surface area contributed by atoms with Crippen LogP contribution in [0.15, 0.2) is 66.9 Å². The number of nitrogens with zero attached hydrogens (tertiary/aromatic N) is 1. The Bertz CT molecular complexity index is 673. The van der Waals surface area contributed by atoms with E-state index in [1.165, 1.54) is 16.7 Å². The maximum atomic E-state index is 12.0. The zero-order valence-corrected chi connectivity index (χ0v) is 13.6. The molecule has 1 saturated heterocycles. The highest BCUT2D eigenvalue weighted by Gasteiger charge is 2.29. The Morgan fingerprint density at radius 3 is 2.43 bits per heavy atom. The Balaban J connectivity index is 1.71. The second kappa shape index (κ2) is 7.28. The molecule has 23 heavy (non-hydrogen) atoms. The standard InChI is InChI=1S/C21H23NO/c1-2-3-15-22-20(13-14-21(22)23)16-17-9-11-19(12-10-17)18-7-5-4-6-8-18/h3-12,15,20H,2,13-14,16H2,1H3. The first kappa shape index (κ1) is 15.5. The van der Waals surface area contributed by atoms with Crippen LogP contribution in [0.2, 0.25) is 0 Å². The molecule has 2 aromatic carbocycles. The van der Waals surface area contributed by atoms with Crippen molar-refractivity contribution in [3.8, 4) is 11.1 Å². The van der Waals surface area contributed by atoms with Crippen molar-refractivity contribution in [3.63, 3.8) is 0 Å². The van der Waals surface area contributed by atoms with Gasteiger partial charge in [0.1, 0.15) is 0 Å². The molecule has 1 heterocycles. The van der Waals surface area contributed by atoms with E-state index in [0.717, 1.165) is 19.3 Å². The summed E-state index contributed by atoms with van der Waals surface area (Å²) in [6, 6.07) is 19.4. The fourth-order valence-corrected chi connectivity index (χ4v) is 3.12. The molecule has 2 aromatic rings. The number of benzene rings is 2. The van der Waals surface area contributed by atoms with E-state index in [1.807, 2.05) is 17.2 Å². The van der Waals surface area contributed by atoms with Crippen molar-refractivity contribution in [2.75, 3.05) is 0 Å². The smallest absolute Gasteiger partial charge is 0.226 e. The van der Waals surface area contributed by atoms with Gasteiger partial charge in [-0.05, 0) is 36.0 Å². The van der Waals surface area contributed by atoms with Crippen LogP contribution in [0, 0.1) is 0 Å². The van der Waals surface area contributed by atoms with Gasteiger partial charge in [0.05, 0.1) is 0 Å². The zero-order chi connectivity index (χ0) is 16.1. The fourth-order valence-electron chi connectivity index (χ4n) is 3.12. The Morgan fingerprint density at radius 2 is 1.74 bits per heavy atom. The van der Waals surface area contributed by atoms with Crippen molar-refractivity contribution in [3.05, 3.63) is 72.4 Å². The molecular formula is C21H23NO. The number of amides is 1. The third-order valence-electron chi connectivity index (χ3n) is 4.41. The van der Waals surface area contributed by atoms with E-state index in [4.69, 9.17) is 0 Å². The molecule has 1 aliphatic rings. The molecule has 1 aliphatic heterocycles. The third-order valence-corrected chi connectivity index (χ3v) is 4.41. The molecule has 0 spiro atoms. The monoisotopic (exact) mass is 305 g/mol. The minimum Gasteiger partial charge on any atom is -0.316 e. The second-order valence-electron chi connectivity index (χ2n) is 6.05. The minimum absolute atomic E-state index is 0.251. The van der Waals surface area contributed by atoms with E-state index in [-0.39, 0.29) is 5.91 Å². The minimum atomic E-state index is 0.251. The Labute approximate surface area is 138 Å². The van der Waals surface area contributed by atoms with Gasteiger partial charge in [0, 0.05) is 18.7 Å². The normalized spacial score (nSPS) is 18.0. The molecule has 0 aromatic heterocycles. The van der Waals surface area contributed by atoms with Crippen LogP contribution in [0.25, 0.3) is 11.1 Å². The van der Waals surface area contributed by atoms with Gasteiger partial charge in [0.25, 0.3) is 0 Å². The first-order valence-corrected chi connectivity index (χ1v) is 8.40. The Kier molecular flexibility index (Phi) is 4.92. The Morgan fingerprint density at radius 1 is 1.04 bits per heavy atom. The third kappa shape index (κ3) is 3.70. The molecule has 0 aliphatic carbocycles. The van der Waals surface area contributed by atoms with Crippen molar-refractivity contribution >= 4 is 5.91 Å². The molecule has 1 fully saturated rings. The average molecular weight is 305 g/mol. The van der Waals surface area contributed by atoms with E-state index in [1.54, 1.807) is 0 Å². The van der Waals surface area contributed by atoms with Crippen molar-refractivity contribution < 1.29 is 4.79 Å². The molecule has 1 unspecified atom stereocenters. The molecule has 3 rings (SSSR count). The summed E-state index contributed by atoms with van der Waals surface area (Å²) in [5.74, 6) is 0.251. The zero-order valence-electron chi connectivity index (χ0n) is 13.6. The van der Waals surface area contributed by atoms with E-state index in [0.29, 0.717) is 12.5 Å². The second-order valence-corrected chi connectivity index (χ2v) is 6.05. The first-order chi connectivity index (χ1) is 11.3. The molecule has 1 amide bonds. The number of rotatable bonds is 5. The van der Waals surface area contributed by atoms with Gasteiger partial charge in [-0.2, -0.15) is 0 Å². The van der Waals surface area contributed by atoms with Crippen LogP contribution >= 0.6 is 0 Å². The molecule has 0 N–H and O–H groups in total. The van der Waals surface area contributed by atoms with Gasteiger partial charge < -0.3 is 4.90 Å². The van der Waals surface area contributed by atoms with Gasteiger partial charge in [-0.15, -0.1) is 0 Å². The van der Waals surface area contributed by atoms with E-state index >= 15 is 0 Å². The number of carbonyl (C=O) groups is 1. The van der Waals surface area contributed by atoms with Crippen LogP contribution in [0.4, 0.5) is 0 Å². The summed E-state index contributed by atoms with van der Waals surface area (Å²) >= 11 is 0. The van der Waals surface area contributed by atoms with Crippen LogP contribution in [0.3, 0.4) is 0 Å². The van der Waals surface area contributed by atoms with E-state index < -0.39 is 0 Å². The van der Waals surface area contributed by atoms with Crippen molar-refractivity contribution in [1.82, 2.24) is 4.90 Å². The van der Waals surface area contributed by atoms with E-state index in [9.17, 15) is 4.79 Å². The summed E-state index contributed by atoms with van der Waals surface area (Å²) in [5.41, 5.74) is 3.77. The number of carbonyl (C=O) groups excluding carboxylic acids is 1. The molecule has 2 heteroatoms. The number of allylic oxidation sites excluding steroid dienone is 1. The lowest BCUT2D eigenvalue weighted by Gasteiger charge is -2.21. The van der Waals surface area contributed by atoms with Gasteiger partial charge in [0.15, 0.2) is 0 Å². The predicted octanol–water partition coefficient (Wildman–Crippen LogP) is 4.81. The van der Waals surface area contributed by atoms with Crippen LogP contribution < -0.4 is 0 Å². The highest BCUT2D eigenvalue weighted by atomic mass is 16.2. The maximum absolute atomic E-state index is 12.0. The average Bonchev–Trinajstić information content (AvgIpc) is 2.94. The molecule has 1 atom stereocenters. The lowest BCUT2D eigenvalue weighted by Crippen LogP contribution is -2.29. The van der Waals surface area contributed by atoms with Crippen LogP contribution in [0.5, 0.6) is 0 Å². The molecule has 0 saturated carbocycles. The largest absolute Gasteiger partial charge is 0.316 e. The van der Waals surface area contributed by atoms with Gasteiger partial charge in [0.2, 0.25) is 5.91 Å². The summed E-state index contributed by atoms with van der Waals surface area (Å²) in [5, 5.41) is 0. The van der Waals surface area contributed by atoms with Crippen molar-refractivity contribution in [1.29, 1.82) is 0 Å². The van der Waals surface area contributed by atoms with Gasteiger partial charge in [-0.25, -0.2) is 0 Å². The molecule has 118 valence electrons. The molecule has 2 nitrogen and oxygen atoms in total. The summed E-state index contributed by atoms with van der Waals surface area (Å²) in [6.07, 6.45) is 7.54. The molecule has 0 radical (unpaired) electrons. The van der Waals surface area contributed by atoms with Crippen molar-refractivity contribution in [2.24, 2.45) is 0 Å². The number of likely N-dealkylation sites (tertiary alicyclic amines) is 1. The quantitative estimate of drug-likeness (QED) is 0.776. The van der Waals surface area contributed by atoms with Gasteiger partial charge in [-0.3, -0.25) is 4.79 Å². The van der Waals surface area contributed by atoms with Crippen LogP contribution in [0.1, 0.15) is 31.7 Å². The predicted molar refractivity (Wildman–Crippen MR) is 94.9 cm³/mol. The molecular weight excluding hydrogens is 282 g/mol. The summed E-state index contributed by atoms with van der Waals surface area (Å²) in [7, 11) is 0. The SMILES string of the molecule is CCC=CN1C(=O)CCC1Cc1ccc(-c2ccccc2)cc1. The Hall–Kier alpha value is -2.35. The number of hydrogen-bond acceptors (Lipinski definition) is 1. The lowest BCUT2D eigenvalue weighted by molar-refractivity contribution is -0.126.